The Morgan fingerprint density at radius 3 is 2.58 bits per heavy atom. The number of carbonyl (C=O) groups is 1. The van der Waals surface area contributed by atoms with Crippen molar-refractivity contribution in [1.82, 2.24) is 0 Å². The van der Waals surface area contributed by atoms with E-state index in [0.717, 1.165) is 17.7 Å². The number of rotatable bonds is 8. The van der Waals surface area contributed by atoms with Gasteiger partial charge in [0.1, 0.15) is 24.3 Å². The molecule has 0 saturated carbocycles. The number of hydrogen-bond acceptors (Lipinski definition) is 5. The van der Waals surface area contributed by atoms with E-state index in [1.165, 1.54) is 23.3 Å². The molecular weight excluding hydrogens is 357 g/mol. The van der Waals surface area contributed by atoms with Gasteiger partial charge in [0.15, 0.2) is 0 Å². The summed E-state index contributed by atoms with van der Waals surface area (Å²) in [5, 5.41) is 12.9. The number of amides is 1. The number of ether oxygens (including phenoxy) is 2. The zero-order valence-electron chi connectivity index (χ0n) is 15.3. The first-order valence-corrected chi connectivity index (χ1v) is 9.25. The van der Waals surface area contributed by atoms with E-state index in [1.54, 1.807) is 24.5 Å². The fourth-order valence-electron chi connectivity index (χ4n) is 2.60. The van der Waals surface area contributed by atoms with Gasteiger partial charge in [0.05, 0.1) is 6.61 Å². The van der Waals surface area contributed by atoms with Gasteiger partial charge in [-0.1, -0.05) is 13.8 Å². The molecule has 26 heavy (non-hydrogen) atoms. The van der Waals surface area contributed by atoms with E-state index in [4.69, 9.17) is 14.3 Å². The number of primary amides is 1. The van der Waals surface area contributed by atoms with E-state index >= 15 is 0 Å². The maximum Gasteiger partial charge on any atom is 0.204 e. The summed E-state index contributed by atoms with van der Waals surface area (Å²) in [7, 11) is 1.58. The maximum absolute atomic E-state index is 13.5. The molecule has 0 fully saturated rings. The number of thiophene rings is 1. The zero-order valence-corrected chi connectivity index (χ0v) is 16.1. The van der Waals surface area contributed by atoms with Crippen molar-refractivity contribution in [1.29, 1.82) is 0 Å². The van der Waals surface area contributed by atoms with Crippen LogP contribution in [-0.2, 0) is 22.4 Å². The summed E-state index contributed by atoms with van der Waals surface area (Å²) in [4.78, 5) is 9.49. The third kappa shape index (κ3) is 5.79. The first-order valence-electron chi connectivity index (χ1n) is 8.37. The van der Waals surface area contributed by atoms with Crippen LogP contribution in [0.5, 0.6) is 5.75 Å². The summed E-state index contributed by atoms with van der Waals surface area (Å²) in [5.41, 5.74) is 7.19. The van der Waals surface area contributed by atoms with Gasteiger partial charge in [-0.25, -0.2) is 4.39 Å². The minimum atomic E-state index is -0.812. The Labute approximate surface area is 157 Å². The summed E-state index contributed by atoms with van der Waals surface area (Å²) >= 11 is 1.55. The minimum Gasteiger partial charge on any atom is -0.491 e. The number of aryl methyl sites for hydroxylation is 1. The molecule has 2 aromatic rings. The highest BCUT2D eigenvalue weighted by atomic mass is 32.1. The Hall–Kier alpha value is -1.96. The van der Waals surface area contributed by atoms with Crippen LogP contribution in [0.15, 0.2) is 23.6 Å². The van der Waals surface area contributed by atoms with Crippen LogP contribution in [0.25, 0.3) is 0 Å². The molecule has 0 aliphatic heterocycles. The van der Waals surface area contributed by atoms with E-state index in [1.807, 2.05) is 0 Å². The van der Waals surface area contributed by atoms with Gasteiger partial charge in [0.2, 0.25) is 6.41 Å². The first-order chi connectivity index (χ1) is 12.5. The highest BCUT2D eigenvalue weighted by Crippen LogP contribution is 2.37. The van der Waals surface area contributed by atoms with Gasteiger partial charge in [0.25, 0.3) is 0 Å². The van der Waals surface area contributed by atoms with Crippen LogP contribution in [0.3, 0.4) is 0 Å². The maximum atomic E-state index is 13.5. The van der Waals surface area contributed by atoms with Crippen LogP contribution in [0.2, 0.25) is 0 Å². The quantitative estimate of drug-likeness (QED) is 0.542. The summed E-state index contributed by atoms with van der Waals surface area (Å²) < 4.78 is 24.1. The molecule has 0 aliphatic carbocycles. The van der Waals surface area contributed by atoms with E-state index in [2.05, 4.69) is 25.0 Å². The van der Waals surface area contributed by atoms with Crippen LogP contribution in [-0.4, -0.2) is 31.8 Å². The zero-order chi connectivity index (χ0) is 19.5. The number of hydrogen-bond donors (Lipinski definition) is 2. The standard InChI is InChI=1S/C18H23FO3S.CH3NO/c1-4-12-11-23-18(14(12)5-2)17(20)15-7-6-13(19)10-16(15)22-9-8-21-3;2-1-3/h6-7,10-11,17,20H,4-5,8-9H2,1-3H3;1H,(H2,2,3). The SMILES string of the molecule is CCc1csc(C(O)c2ccc(F)cc2OCCOC)c1CC.NC=O. The predicted molar refractivity (Wildman–Crippen MR) is 101 cm³/mol. The fourth-order valence-corrected chi connectivity index (χ4v) is 3.85. The number of carbonyl (C=O) groups excluding carboxylic acids is 1. The Morgan fingerprint density at radius 1 is 1.31 bits per heavy atom. The van der Waals surface area contributed by atoms with Crippen molar-refractivity contribution in [2.24, 2.45) is 5.73 Å². The lowest BCUT2D eigenvalue weighted by molar-refractivity contribution is -0.106. The van der Waals surface area contributed by atoms with Crippen molar-refractivity contribution >= 4 is 17.7 Å². The van der Waals surface area contributed by atoms with E-state index in [-0.39, 0.29) is 12.2 Å². The molecule has 0 bridgehead atoms. The monoisotopic (exact) mass is 383 g/mol. The number of nitrogens with two attached hydrogens (primary N) is 1. The second-order valence-electron chi connectivity index (χ2n) is 5.37. The molecule has 3 N–H and O–H groups in total. The van der Waals surface area contributed by atoms with Crippen LogP contribution in [0.1, 0.15) is 41.5 Å². The lowest BCUT2D eigenvalue weighted by Crippen LogP contribution is -2.09. The van der Waals surface area contributed by atoms with Crippen molar-refractivity contribution in [2.75, 3.05) is 20.3 Å². The molecule has 0 spiro atoms. The van der Waals surface area contributed by atoms with Crippen molar-refractivity contribution in [3.05, 3.63) is 51.0 Å². The summed E-state index contributed by atoms with van der Waals surface area (Å²) in [6, 6.07) is 4.25. The molecule has 1 heterocycles. The molecule has 0 aliphatic rings. The Kier molecular flexibility index (Phi) is 9.87. The van der Waals surface area contributed by atoms with Crippen molar-refractivity contribution in [3.63, 3.8) is 0 Å². The molecule has 1 atom stereocenters. The molecule has 5 nitrogen and oxygen atoms in total. The van der Waals surface area contributed by atoms with Gasteiger partial charge in [-0.2, -0.15) is 0 Å². The third-order valence-electron chi connectivity index (χ3n) is 3.81. The summed E-state index contributed by atoms with van der Waals surface area (Å²) in [5.74, 6) is -0.0208. The fraction of sp³-hybridized carbons (Fsp3) is 0.421. The van der Waals surface area contributed by atoms with Crippen LogP contribution in [0, 0.1) is 5.82 Å². The Morgan fingerprint density at radius 2 is 2.00 bits per heavy atom. The number of aliphatic hydroxyl groups excluding tert-OH is 1. The predicted octanol–water partition coefficient (Wildman–Crippen LogP) is 3.22. The highest BCUT2D eigenvalue weighted by molar-refractivity contribution is 7.10. The lowest BCUT2D eigenvalue weighted by Gasteiger charge is -2.17. The smallest absolute Gasteiger partial charge is 0.204 e. The van der Waals surface area contributed by atoms with Crippen LogP contribution < -0.4 is 10.5 Å². The van der Waals surface area contributed by atoms with Gasteiger partial charge < -0.3 is 20.3 Å². The van der Waals surface area contributed by atoms with Gasteiger partial charge in [-0.05, 0) is 41.5 Å². The average molecular weight is 383 g/mol. The van der Waals surface area contributed by atoms with Crippen molar-refractivity contribution in [2.45, 2.75) is 32.8 Å². The molecule has 1 aromatic carbocycles. The number of aliphatic hydroxyl groups is 1. The lowest BCUT2D eigenvalue weighted by atomic mass is 9.99. The molecular formula is C19H26FNO4S. The summed E-state index contributed by atoms with van der Waals surface area (Å²) in [6.07, 6.45) is 1.24. The van der Waals surface area contributed by atoms with Gasteiger partial charge >= 0.3 is 0 Å². The molecule has 7 heteroatoms. The highest BCUT2D eigenvalue weighted by Gasteiger charge is 2.22. The second-order valence-corrected chi connectivity index (χ2v) is 6.28. The first kappa shape index (κ1) is 22.1. The molecule has 1 aromatic heterocycles. The Bertz CT molecular complexity index is 690. The Balaban J connectivity index is 0.00000105. The molecule has 2 rings (SSSR count). The number of benzene rings is 1. The summed E-state index contributed by atoms with van der Waals surface area (Å²) in [6.45, 7) is 4.91. The van der Waals surface area contributed by atoms with E-state index < -0.39 is 6.10 Å². The minimum absolute atomic E-state index is 0.250. The normalized spacial score (nSPS) is 11.4. The van der Waals surface area contributed by atoms with E-state index in [0.29, 0.717) is 24.5 Å². The van der Waals surface area contributed by atoms with E-state index in [9.17, 15) is 9.50 Å². The number of methoxy groups -OCH3 is 1. The van der Waals surface area contributed by atoms with Crippen LogP contribution >= 0.6 is 11.3 Å². The molecule has 1 unspecified atom stereocenters. The molecule has 0 saturated heterocycles. The van der Waals surface area contributed by atoms with Gasteiger partial charge in [-0.15, -0.1) is 11.3 Å². The van der Waals surface area contributed by atoms with Crippen molar-refractivity contribution in [3.8, 4) is 5.75 Å². The number of halogens is 1. The largest absolute Gasteiger partial charge is 0.491 e. The molecule has 144 valence electrons. The third-order valence-corrected chi connectivity index (χ3v) is 4.94. The van der Waals surface area contributed by atoms with Gasteiger partial charge in [-0.3, -0.25) is 4.79 Å². The average Bonchev–Trinajstić information content (AvgIpc) is 3.05. The molecule has 1 amide bonds. The molecule has 0 radical (unpaired) electrons. The second kappa shape index (κ2) is 11.6. The van der Waals surface area contributed by atoms with Crippen LogP contribution in [0.4, 0.5) is 4.39 Å². The van der Waals surface area contributed by atoms with Crippen molar-refractivity contribution < 1.29 is 23.8 Å². The topological polar surface area (TPSA) is 81.8 Å². The van der Waals surface area contributed by atoms with Gasteiger partial charge in [0, 0.05) is 23.6 Å².